The van der Waals surface area contributed by atoms with Gasteiger partial charge in [0.05, 0.1) is 22.7 Å². The molecule has 0 fully saturated rings. The van der Waals surface area contributed by atoms with Crippen LogP contribution in [0.4, 0.5) is 34.1 Å². The van der Waals surface area contributed by atoms with Crippen LogP contribution in [-0.4, -0.2) is 0 Å². The zero-order valence-corrected chi connectivity index (χ0v) is 32.5. The van der Waals surface area contributed by atoms with Crippen molar-refractivity contribution in [1.29, 1.82) is 0 Å². The van der Waals surface area contributed by atoms with Crippen LogP contribution in [0.3, 0.4) is 0 Å². The minimum absolute atomic E-state index is 0.337. The lowest BCUT2D eigenvalue weighted by atomic mass is 9.80. The second kappa shape index (κ2) is 13.3. The molecule has 1 aliphatic carbocycles. The van der Waals surface area contributed by atoms with Crippen molar-refractivity contribution in [2.75, 3.05) is 9.80 Å². The molecule has 2 aliphatic heterocycles. The van der Waals surface area contributed by atoms with Crippen LogP contribution in [0.15, 0.2) is 194 Å². The van der Waals surface area contributed by atoms with Gasteiger partial charge in [0.2, 0.25) is 0 Å². The second-order valence-electron chi connectivity index (χ2n) is 15.7. The molecule has 1 atom stereocenters. The summed E-state index contributed by atoms with van der Waals surface area (Å²) in [6.07, 6.45) is 7.86. The van der Waals surface area contributed by atoms with Gasteiger partial charge in [0, 0.05) is 11.4 Å². The molecule has 12 rings (SSSR count). The Balaban J connectivity index is 1.19. The van der Waals surface area contributed by atoms with E-state index in [0.29, 0.717) is 5.92 Å². The highest BCUT2D eigenvalue weighted by Crippen LogP contribution is 2.54. The first-order valence-electron chi connectivity index (χ1n) is 20.4. The topological polar surface area (TPSA) is 24.9 Å². The Morgan fingerprint density at radius 3 is 1.46 bits per heavy atom. The first kappa shape index (κ1) is 33.6. The number of fused-ring (bicyclic) bond motifs is 7. The van der Waals surface area contributed by atoms with Crippen molar-refractivity contribution in [2.24, 2.45) is 5.92 Å². The minimum Gasteiger partial charge on any atom is -0.453 e. The van der Waals surface area contributed by atoms with Gasteiger partial charge in [-0.05, 0) is 146 Å². The van der Waals surface area contributed by atoms with E-state index in [-0.39, 0.29) is 0 Å². The quantitative estimate of drug-likeness (QED) is 0.167. The van der Waals surface area contributed by atoms with Gasteiger partial charge >= 0.3 is 0 Å². The molecule has 0 aromatic heterocycles. The number of ether oxygens (including phenoxy) is 2. The van der Waals surface area contributed by atoms with Crippen molar-refractivity contribution in [2.45, 2.75) is 13.3 Å². The summed E-state index contributed by atoms with van der Waals surface area (Å²) in [5, 5.41) is 7.32. The third-order valence-electron chi connectivity index (χ3n) is 12.2. The molecule has 0 spiro atoms. The molecular formula is C55H38N2O2. The molecule has 2 heterocycles. The largest absolute Gasteiger partial charge is 0.453 e. The first-order valence-corrected chi connectivity index (χ1v) is 20.4. The van der Waals surface area contributed by atoms with E-state index in [1.54, 1.807) is 0 Å². The first-order chi connectivity index (χ1) is 29.2. The van der Waals surface area contributed by atoms with E-state index in [2.05, 4.69) is 187 Å². The van der Waals surface area contributed by atoms with Gasteiger partial charge in [0.25, 0.3) is 0 Å². The van der Waals surface area contributed by atoms with Gasteiger partial charge in [-0.1, -0.05) is 122 Å². The number of benzene rings is 9. The van der Waals surface area contributed by atoms with Gasteiger partial charge in [-0.3, -0.25) is 0 Å². The van der Waals surface area contributed by atoms with Gasteiger partial charge < -0.3 is 19.3 Å². The molecule has 3 aliphatic rings. The summed E-state index contributed by atoms with van der Waals surface area (Å²) in [5.41, 5.74) is 11.3. The number of rotatable bonds is 4. The lowest BCUT2D eigenvalue weighted by molar-refractivity contribution is 0.477. The maximum Gasteiger partial charge on any atom is 0.151 e. The minimum atomic E-state index is 0.337. The Kier molecular flexibility index (Phi) is 7.54. The number of anilines is 6. The van der Waals surface area contributed by atoms with Crippen molar-refractivity contribution in [3.8, 4) is 34.1 Å². The summed E-state index contributed by atoms with van der Waals surface area (Å²) in [4.78, 5) is 4.70. The average molecular weight is 759 g/mol. The second-order valence-corrected chi connectivity index (χ2v) is 15.7. The molecule has 0 saturated carbocycles. The molecular weight excluding hydrogens is 721 g/mol. The van der Waals surface area contributed by atoms with Gasteiger partial charge in [0.15, 0.2) is 23.0 Å². The third kappa shape index (κ3) is 5.30. The number of nitrogens with zero attached hydrogens (tertiary/aromatic N) is 2. The molecule has 59 heavy (non-hydrogen) atoms. The Morgan fingerprint density at radius 2 is 0.915 bits per heavy atom. The molecule has 4 heteroatoms. The van der Waals surface area contributed by atoms with Crippen molar-refractivity contribution < 1.29 is 9.47 Å². The van der Waals surface area contributed by atoms with E-state index in [0.717, 1.165) is 63.5 Å². The van der Waals surface area contributed by atoms with Crippen LogP contribution < -0.4 is 19.3 Å². The van der Waals surface area contributed by atoms with E-state index >= 15 is 0 Å². The Bertz CT molecular complexity index is 3160. The van der Waals surface area contributed by atoms with Gasteiger partial charge in [-0.25, -0.2) is 0 Å². The maximum atomic E-state index is 6.46. The summed E-state index contributed by atoms with van der Waals surface area (Å²) in [5.74, 6) is 3.70. The van der Waals surface area contributed by atoms with Gasteiger partial charge in [-0.2, -0.15) is 0 Å². The fourth-order valence-electron chi connectivity index (χ4n) is 9.49. The summed E-state index contributed by atoms with van der Waals surface area (Å²) in [6, 6.07) is 63.0. The van der Waals surface area contributed by atoms with Crippen LogP contribution >= 0.6 is 0 Å². The fraction of sp³-hybridized carbons (Fsp3) is 0.0545. The summed E-state index contributed by atoms with van der Waals surface area (Å²) >= 11 is 0. The monoisotopic (exact) mass is 758 g/mol. The Morgan fingerprint density at radius 1 is 0.441 bits per heavy atom. The lowest BCUT2D eigenvalue weighted by Gasteiger charge is -2.34. The van der Waals surface area contributed by atoms with Crippen LogP contribution in [0, 0.1) is 5.92 Å². The number of hydrogen-bond donors (Lipinski definition) is 0. The van der Waals surface area contributed by atoms with Crippen LogP contribution in [-0.2, 0) is 0 Å². The normalized spacial score (nSPS) is 15.2. The Hall–Kier alpha value is -7.56. The molecule has 0 saturated heterocycles. The predicted molar refractivity (Wildman–Crippen MR) is 245 cm³/mol. The number of allylic oxidation sites excluding steroid dienone is 4. The molecule has 0 radical (unpaired) electrons. The molecule has 4 nitrogen and oxygen atoms in total. The lowest BCUT2D eigenvalue weighted by Crippen LogP contribution is -2.16. The molecule has 0 N–H and O–H groups in total. The van der Waals surface area contributed by atoms with Gasteiger partial charge in [-0.15, -0.1) is 0 Å². The highest BCUT2D eigenvalue weighted by atomic mass is 16.5. The Labute approximate surface area is 343 Å². The summed E-state index contributed by atoms with van der Waals surface area (Å²) < 4.78 is 12.9. The molecule has 280 valence electrons. The number of hydrogen-bond acceptors (Lipinski definition) is 4. The highest BCUT2D eigenvalue weighted by molar-refractivity contribution is 6.21. The van der Waals surface area contributed by atoms with Crippen molar-refractivity contribution in [1.82, 2.24) is 0 Å². The van der Waals surface area contributed by atoms with Gasteiger partial charge in [0.1, 0.15) is 0 Å². The maximum absolute atomic E-state index is 6.46. The van der Waals surface area contributed by atoms with Crippen LogP contribution in [0.1, 0.15) is 18.9 Å². The fourth-order valence-corrected chi connectivity index (χ4v) is 9.49. The van der Waals surface area contributed by atoms with Crippen molar-refractivity contribution in [3.05, 3.63) is 200 Å². The van der Waals surface area contributed by atoms with E-state index < -0.39 is 0 Å². The molecule has 1 unspecified atom stereocenters. The molecule has 0 amide bonds. The predicted octanol–water partition coefficient (Wildman–Crippen LogP) is 15.9. The van der Waals surface area contributed by atoms with E-state index in [9.17, 15) is 0 Å². The highest BCUT2D eigenvalue weighted by Gasteiger charge is 2.30. The molecule has 9 aromatic rings. The van der Waals surface area contributed by atoms with Crippen LogP contribution in [0.5, 0.6) is 23.0 Å². The standard InChI is InChI=1S/C55H38N2O2/c1-35-14-2-5-17-41(35)55-43-31-29-39(56-46-18-6-10-22-50(46)58-51-23-11-7-19-47(51)56)33-44(43)54(38-27-26-36-15-3-4-16-37(36)32-38)42-30-28-40(34-45(42)55)57-48-20-8-12-24-52(48)59-53-25-13-9-21-49(53)57/h2-13,15-35H,14H2,1H3. The van der Waals surface area contributed by atoms with Crippen molar-refractivity contribution >= 4 is 72.0 Å². The SMILES string of the molecule is CC1CC=CC=C1c1c2cc(N3c4ccccc4Oc4ccccc43)ccc2c(-c2ccc3ccccc3c2)c2cc(N3c4ccccc4Oc4ccccc43)ccc12. The molecule has 9 aromatic carbocycles. The average Bonchev–Trinajstić information content (AvgIpc) is 3.29. The van der Waals surface area contributed by atoms with E-state index in [1.807, 2.05) is 24.3 Å². The summed E-state index contributed by atoms with van der Waals surface area (Å²) in [7, 11) is 0. The number of para-hydroxylation sites is 8. The zero-order valence-electron chi connectivity index (χ0n) is 32.5. The summed E-state index contributed by atoms with van der Waals surface area (Å²) in [6.45, 7) is 2.36. The van der Waals surface area contributed by atoms with Crippen LogP contribution in [0.2, 0.25) is 0 Å². The van der Waals surface area contributed by atoms with E-state index in [1.165, 1.54) is 54.6 Å². The van der Waals surface area contributed by atoms with Crippen LogP contribution in [0.25, 0.3) is 49.0 Å². The van der Waals surface area contributed by atoms with Crippen molar-refractivity contribution in [3.63, 3.8) is 0 Å². The smallest absolute Gasteiger partial charge is 0.151 e. The molecule has 0 bridgehead atoms. The zero-order chi connectivity index (χ0) is 39.0. The van der Waals surface area contributed by atoms with E-state index in [4.69, 9.17) is 9.47 Å². The third-order valence-corrected chi connectivity index (χ3v) is 12.2.